The minimum Gasteiger partial charge on any atom is -0.494 e. The number of carbonyl (C=O) groups excluding carboxylic acids is 1. The molecule has 6 nitrogen and oxygen atoms in total. The maximum atomic E-state index is 12.5. The number of fused-ring (bicyclic) bond motifs is 1. The number of nitrogens with one attached hydrogen (secondary N) is 1. The minimum absolute atomic E-state index is 0.0977. The Balaban J connectivity index is 1.48. The number of H-pyrrole nitrogens is 1. The number of rotatable bonds is 13. The Bertz CT molecular complexity index is 1050. The number of amides is 1. The Morgan fingerprint density at radius 3 is 2.33 bits per heavy atom. The summed E-state index contributed by atoms with van der Waals surface area (Å²) in [5.74, 6) is 0.178. The van der Waals surface area contributed by atoms with Crippen molar-refractivity contribution in [2.24, 2.45) is 10.2 Å². The van der Waals surface area contributed by atoms with Gasteiger partial charge in [-0.2, -0.15) is 0 Å². The number of aromatic amines is 1. The molecule has 0 unspecified atom stereocenters. The molecule has 0 aliphatic rings. The van der Waals surface area contributed by atoms with Gasteiger partial charge in [0, 0.05) is 10.9 Å². The van der Waals surface area contributed by atoms with Crippen LogP contribution < -0.4 is 4.74 Å². The van der Waals surface area contributed by atoms with Crippen molar-refractivity contribution in [1.29, 1.82) is 0 Å². The summed E-state index contributed by atoms with van der Waals surface area (Å²) in [5, 5.41) is 18.8. The average Bonchev–Trinajstić information content (AvgIpc) is 3.15. The third-order valence-corrected chi connectivity index (χ3v) is 5.83. The number of azo groups is 1. The van der Waals surface area contributed by atoms with Gasteiger partial charge in [0.05, 0.1) is 12.1 Å². The molecule has 176 valence electrons. The topological polar surface area (TPSA) is 87.0 Å². The molecule has 0 radical (unpaired) electrons. The highest BCUT2D eigenvalue weighted by Crippen LogP contribution is 2.36. The van der Waals surface area contributed by atoms with Crippen LogP contribution in [-0.4, -0.2) is 22.6 Å². The SMILES string of the molecule is CCCCCCCCCCOc1ccc(C(=O)N=Nc2c(O)[nH]c3ccc(CC)cc23)cc1. The fraction of sp³-hybridized carbons (Fsp3) is 0.444. The molecule has 0 fully saturated rings. The molecule has 2 N–H and O–H groups in total. The largest absolute Gasteiger partial charge is 0.494 e. The van der Waals surface area contributed by atoms with Crippen molar-refractivity contribution in [3.63, 3.8) is 0 Å². The van der Waals surface area contributed by atoms with E-state index in [4.69, 9.17) is 4.74 Å². The number of benzene rings is 2. The molecule has 2 aromatic carbocycles. The van der Waals surface area contributed by atoms with Crippen LogP contribution in [0.15, 0.2) is 52.7 Å². The van der Waals surface area contributed by atoms with Gasteiger partial charge in [-0.1, -0.05) is 64.9 Å². The summed E-state index contributed by atoms with van der Waals surface area (Å²) >= 11 is 0. The molecular weight excluding hydrogens is 414 g/mol. The van der Waals surface area contributed by atoms with Gasteiger partial charge >= 0.3 is 0 Å². The monoisotopic (exact) mass is 449 g/mol. The lowest BCUT2D eigenvalue weighted by molar-refractivity contribution is 0.0995. The molecule has 1 heterocycles. The number of hydrogen-bond donors (Lipinski definition) is 2. The quantitative estimate of drug-likeness (QED) is 0.205. The second kappa shape index (κ2) is 12.8. The Hall–Kier alpha value is -3.15. The molecule has 0 aliphatic heterocycles. The maximum Gasteiger partial charge on any atom is 0.295 e. The van der Waals surface area contributed by atoms with Crippen LogP contribution in [0.2, 0.25) is 0 Å². The zero-order valence-electron chi connectivity index (χ0n) is 19.8. The maximum absolute atomic E-state index is 12.5. The van der Waals surface area contributed by atoms with Crippen LogP contribution in [0.5, 0.6) is 11.6 Å². The Morgan fingerprint density at radius 2 is 1.64 bits per heavy atom. The Kier molecular flexibility index (Phi) is 9.48. The number of unbranched alkanes of at least 4 members (excludes halogenated alkanes) is 7. The number of hydrogen-bond acceptors (Lipinski definition) is 4. The van der Waals surface area contributed by atoms with Crippen LogP contribution in [0.3, 0.4) is 0 Å². The molecule has 1 amide bonds. The van der Waals surface area contributed by atoms with Crippen LogP contribution in [0.25, 0.3) is 10.9 Å². The van der Waals surface area contributed by atoms with Gasteiger partial charge in [0.1, 0.15) is 5.75 Å². The molecule has 33 heavy (non-hydrogen) atoms. The van der Waals surface area contributed by atoms with Crippen molar-refractivity contribution in [1.82, 2.24) is 4.98 Å². The molecule has 0 aliphatic carbocycles. The molecular formula is C27H35N3O3. The van der Waals surface area contributed by atoms with Gasteiger partial charge in [-0.3, -0.25) is 4.79 Å². The zero-order chi connectivity index (χ0) is 23.5. The van der Waals surface area contributed by atoms with Gasteiger partial charge in [-0.05, 0) is 54.8 Å². The molecule has 0 spiro atoms. The number of carbonyl (C=O) groups is 1. The van der Waals surface area contributed by atoms with Gasteiger partial charge in [0.25, 0.3) is 5.91 Å². The van der Waals surface area contributed by atoms with Crippen LogP contribution in [0, 0.1) is 0 Å². The number of aromatic hydroxyl groups is 1. The molecule has 0 saturated carbocycles. The van der Waals surface area contributed by atoms with E-state index in [2.05, 4.69) is 29.1 Å². The average molecular weight is 450 g/mol. The fourth-order valence-electron chi connectivity index (χ4n) is 3.80. The van der Waals surface area contributed by atoms with Crippen molar-refractivity contribution in [2.45, 2.75) is 71.6 Å². The second-order valence-electron chi connectivity index (χ2n) is 8.41. The van der Waals surface area contributed by atoms with Crippen molar-refractivity contribution in [3.8, 4) is 11.6 Å². The standard InChI is InChI=1S/C27H35N3O3/c1-3-5-6-7-8-9-10-11-18-33-22-15-13-21(14-16-22)26(31)30-29-25-23-19-20(4-2)12-17-24(23)28-27(25)32/h12-17,19,28,32H,3-11,18H2,1-2H3. The summed E-state index contributed by atoms with van der Waals surface area (Å²) in [6.45, 7) is 4.98. The van der Waals surface area contributed by atoms with Gasteiger partial charge in [0.2, 0.25) is 5.88 Å². The first kappa shape index (κ1) is 24.5. The van der Waals surface area contributed by atoms with Crippen LogP contribution in [0.1, 0.15) is 81.1 Å². The van der Waals surface area contributed by atoms with Gasteiger partial charge in [-0.25, -0.2) is 0 Å². The fourth-order valence-corrected chi connectivity index (χ4v) is 3.80. The Labute approximate surface area is 196 Å². The van der Waals surface area contributed by atoms with Crippen LogP contribution in [-0.2, 0) is 6.42 Å². The predicted octanol–water partition coefficient (Wildman–Crippen LogP) is 7.88. The molecule has 3 aromatic rings. The van der Waals surface area contributed by atoms with Crippen molar-refractivity contribution >= 4 is 22.5 Å². The van der Waals surface area contributed by atoms with Crippen LogP contribution in [0.4, 0.5) is 5.69 Å². The summed E-state index contributed by atoms with van der Waals surface area (Å²) in [5.41, 5.74) is 2.57. The van der Waals surface area contributed by atoms with E-state index < -0.39 is 5.91 Å². The highest BCUT2D eigenvalue weighted by molar-refractivity contribution is 5.97. The van der Waals surface area contributed by atoms with Gasteiger partial charge in [0.15, 0.2) is 5.69 Å². The summed E-state index contributed by atoms with van der Waals surface area (Å²) in [6, 6.07) is 12.8. The lowest BCUT2D eigenvalue weighted by atomic mass is 10.1. The first-order valence-corrected chi connectivity index (χ1v) is 12.1. The molecule has 0 atom stereocenters. The second-order valence-corrected chi connectivity index (χ2v) is 8.41. The molecule has 0 bridgehead atoms. The Morgan fingerprint density at radius 1 is 0.939 bits per heavy atom. The highest BCUT2D eigenvalue weighted by Gasteiger charge is 2.12. The summed E-state index contributed by atoms with van der Waals surface area (Å²) in [6.07, 6.45) is 11.0. The molecule has 1 aromatic heterocycles. The van der Waals surface area contributed by atoms with Gasteiger partial charge in [-0.15, -0.1) is 10.2 Å². The van der Waals surface area contributed by atoms with E-state index in [0.29, 0.717) is 12.2 Å². The van der Waals surface area contributed by atoms with E-state index in [1.54, 1.807) is 24.3 Å². The molecule has 0 saturated heterocycles. The molecule has 3 rings (SSSR count). The van der Waals surface area contributed by atoms with E-state index in [-0.39, 0.29) is 11.6 Å². The lowest BCUT2D eigenvalue weighted by Gasteiger charge is -2.06. The first-order chi connectivity index (χ1) is 16.1. The number of ether oxygens (including phenoxy) is 1. The summed E-state index contributed by atoms with van der Waals surface area (Å²) in [4.78, 5) is 15.3. The van der Waals surface area contributed by atoms with E-state index in [1.165, 1.54) is 44.9 Å². The summed E-state index contributed by atoms with van der Waals surface area (Å²) < 4.78 is 5.79. The lowest BCUT2D eigenvalue weighted by Crippen LogP contribution is -1.98. The van der Waals surface area contributed by atoms with E-state index in [1.807, 2.05) is 18.2 Å². The minimum atomic E-state index is -0.468. The smallest absolute Gasteiger partial charge is 0.295 e. The van der Waals surface area contributed by atoms with Crippen molar-refractivity contribution in [3.05, 3.63) is 53.6 Å². The van der Waals surface area contributed by atoms with Crippen molar-refractivity contribution in [2.75, 3.05) is 6.61 Å². The third-order valence-electron chi connectivity index (χ3n) is 5.83. The predicted molar refractivity (Wildman–Crippen MR) is 133 cm³/mol. The zero-order valence-corrected chi connectivity index (χ0v) is 19.8. The normalized spacial score (nSPS) is 11.5. The number of aromatic nitrogens is 1. The van der Waals surface area contributed by atoms with E-state index in [0.717, 1.165) is 35.1 Å². The van der Waals surface area contributed by atoms with E-state index >= 15 is 0 Å². The number of nitrogens with zero attached hydrogens (tertiary/aromatic N) is 2. The summed E-state index contributed by atoms with van der Waals surface area (Å²) in [7, 11) is 0. The third kappa shape index (κ3) is 7.17. The molecule has 6 heteroatoms. The van der Waals surface area contributed by atoms with Crippen LogP contribution >= 0.6 is 0 Å². The van der Waals surface area contributed by atoms with E-state index in [9.17, 15) is 9.90 Å². The van der Waals surface area contributed by atoms with Gasteiger partial charge < -0.3 is 14.8 Å². The highest BCUT2D eigenvalue weighted by atomic mass is 16.5. The number of aryl methyl sites for hydroxylation is 1. The first-order valence-electron chi connectivity index (χ1n) is 12.1. The van der Waals surface area contributed by atoms with Crippen molar-refractivity contribution < 1.29 is 14.6 Å².